The molecule has 18 heavy (non-hydrogen) atoms. The number of hydrogen-bond donors (Lipinski definition) is 1. The molecular formula is C11H10ClN3O2S. The van der Waals surface area contributed by atoms with Gasteiger partial charge in [0.05, 0.1) is 17.3 Å². The SMILES string of the molecule is Cc1cccc(S(=O)(=O)Nc2cnc(Cl)cn2)c1. The van der Waals surface area contributed by atoms with E-state index in [1.165, 1.54) is 18.5 Å². The van der Waals surface area contributed by atoms with Crippen LogP contribution in [-0.2, 0) is 10.0 Å². The first-order valence-corrected chi connectivity index (χ1v) is 6.90. The molecule has 0 aliphatic rings. The fourth-order valence-corrected chi connectivity index (χ4v) is 2.54. The lowest BCUT2D eigenvalue weighted by atomic mass is 10.2. The van der Waals surface area contributed by atoms with E-state index in [0.717, 1.165) is 5.56 Å². The molecule has 94 valence electrons. The molecule has 0 saturated heterocycles. The van der Waals surface area contributed by atoms with Crippen molar-refractivity contribution in [3.05, 3.63) is 47.4 Å². The van der Waals surface area contributed by atoms with Crippen molar-refractivity contribution in [1.29, 1.82) is 0 Å². The number of anilines is 1. The van der Waals surface area contributed by atoms with Gasteiger partial charge in [-0.25, -0.2) is 18.4 Å². The Kier molecular flexibility index (Phi) is 3.49. The Morgan fingerprint density at radius 3 is 2.61 bits per heavy atom. The Morgan fingerprint density at radius 1 is 1.22 bits per heavy atom. The van der Waals surface area contributed by atoms with E-state index in [2.05, 4.69) is 14.7 Å². The summed E-state index contributed by atoms with van der Waals surface area (Å²) in [5.41, 5.74) is 0.861. The Hall–Kier alpha value is -1.66. The molecule has 0 radical (unpaired) electrons. The molecule has 0 aliphatic carbocycles. The molecule has 1 aromatic heterocycles. The van der Waals surface area contributed by atoms with Crippen LogP contribution in [0.5, 0.6) is 0 Å². The normalized spacial score (nSPS) is 11.2. The second-order valence-corrected chi connectivity index (χ2v) is 5.72. The lowest BCUT2D eigenvalue weighted by molar-refractivity contribution is 0.601. The van der Waals surface area contributed by atoms with E-state index < -0.39 is 10.0 Å². The summed E-state index contributed by atoms with van der Waals surface area (Å²) >= 11 is 5.57. The van der Waals surface area contributed by atoms with Gasteiger partial charge in [0.1, 0.15) is 5.15 Å². The fraction of sp³-hybridized carbons (Fsp3) is 0.0909. The first-order chi connectivity index (χ1) is 8.47. The zero-order chi connectivity index (χ0) is 13.2. The summed E-state index contributed by atoms with van der Waals surface area (Å²) in [4.78, 5) is 7.76. The van der Waals surface area contributed by atoms with Crippen LogP contribution in [-0.4, -0.2) is 18.4 Å². The van der Waals surface area contributed by atoms with Crippen molar-refractivity contribution >= 4 is 27.4 Å². The zero-order valence-corrected chi connectivity index (χ0v) is 11.0. The summed E-state index contributed by atoms with van der Waals surface area (Å²) in [5.74, 6) is 0.126. The second-order valence-electron chi connectivity index (χ2n) is 3.65. The third-order valence-corrected chi connectivity index (χ3v) is 3.71. The minimum atomic E-state index is -3.64. The topological polar surface area (TPSA) is 72.0 Å². The number of rotatable bonds is 3. The quantitative estimate of drug-likeness (QED) is 0.938. The van der Waals surface area contributed by atoms with Crippen LogP contribution in [0.4, 0.5) is 5.82 Å². The minimum absolute atomic E-state index is 0.126. The Morgan fingerprint density at radius 2 is 2.00 bits per heavy atom. The van der Waals surface area contributed by atoms with Crippen LogP contribution in [0.2, 0.25) is 5.15 Å². The molecule has 0 aliphatic heterocycles. The van der Waals surface area contributed by atoms with Crippen LogP contribution in [0, 0.1) is 6.92 Å². The minimum Gasteiger partial charge on any atom is -0.262 e. The van der Waals surface area contributed by atoms with Gasteiger partial charge in [-0.1, -0.05) is 23.7 Å². The van der Waals surface area contributed by atoms with Crippen molar-refractivity contribution in [3.8, 4) is 0 Å². The van der Waals surface area contributed by atoms with Gasteiger partial charge in [0.25, 0.3) is 10.0 Å². The van der Waals surface area contributed by atoms with Gasteiger partial charge in [-0.05, 0) is 24.6 Å². The van der Waals surface area contributed by atoms with E-state index in [4.69, 9.17) is 11.6 Å². The van der Waals surface area contributed by atoms with E-state index in [9.17, 15) is 8.42 Å². The fourth-order valence-electron chi connectivity index (χ4n) is 1.34. The largest absolute Gasteiger partial charge is 0.263 e. The van der Waals surface area contributed by atoms with E-state index in [1.54, 1.807) is 12.1 Å². The summed E-state index contributed by atoms with van der Waals surface area (Å²) in [7, 11) is -3.64. The first kappa shape index (κ1) is 12.8. The van der Waals surface area contributed by atoms with E-state index >= 15 is 0 Å². The summed E-state index contributed by atoms with van der Waals surface area (Å²) in [5, 5.41) is 0.202. The number of nitrogens with one attached hydrogen (secondary N) is 1. The molecule has 7 heteroatoms. The number of benzene rings is 1. The number of nitrogens with zero attached hydrogens (tertiary/aromatic N) is 2. The van der Waals surface area contributed by atoms with Gasteiger partial charge in [0, 0.05) is 0 Å². The predicted molar refractivity (Wildman–Crippen MR) is 69.0 cm³/mol. The highest BCUT2D eigenvalue weighted by Gasteiger charge is 2.14. The van der Waals surface area contributed by atoms with Gasteiger partial charge in [-0.3, -0.25) is 4.72 Å². The summed E-state index contributed by atoms with van der Waals surface area (Å²) in [6.45, 7) is 1.82. The summed E-state index contributed by atoms with van der Waals surface area (Å²) in [6, 6.07) is 6.59. The molecule has 0 unspecified atom stereocenters. The summed E-state index contributed by atoms with van der Waals surface area (Å²) in [6.07, 6.45) is 2.53. The standard InChI is InChI=1S/C11H10ClN3O2S/c1-8-3-2-4-9(5-8)18(16,17)15-11-7-13-10(12)6-14-11/h2-7H,1H3,(H,14,15). The number of hydrogen-bond acceptors (Lipinski definition) is 4. The Bertz CT molecular complexity index is 656. The maximum absolute atomic E-state index is 12.0. The predicted octanol–water partition coefficient (Wildman–Crippen LogP) is 2.24. The van der Waals surface area contributed by atoms with Crippen molar-refractivity contribution in [2.75, 3.05) is 4.72 Å². The van der Waals surface area contributed by atoms with Crippen LogP contribution in [0.25, 0.3) is 0 Å². The molecule has 1 heterocycles. The second kappa shape index (κ2) is 4.91. The van der Waals surface area contributed by atoms with Gasteiger partial charge in [-0.15, -0.1) is 0 Å². The smallest absolute Gasteiger partial charge is 0.262 e. The average molecular weight is 284 g/mol. The molecular weight excluding hydrogens is 274 g/mol. The van der Waals surface area contributed by atoms with E-state index in [-0.39, 0.29) is 15.9 Å². The maximum atomic E-state index is 12.0. The van der Waals surface area contributed by atoms with Crippen molar-refractivity contribution in [2.45, 2.75) is 11.8 Å². The molecule has 0 saturated carbocycles. The number of aryl methyl sites for hydroxylation is 1. The van der Waals surface area contributed by atoms with E-state index in [1.807, 2.05) is 13.0 Å². The van der Waals surface area contributed by atoms with Gasteiger partial charge >= 0.3 is 0 Å². The van der Waals surface area contributed by atoms with Crippen LogP contribution in [0.3, 0.4) is 0 Å². The van der Waals surface area contributed by atoms with Gasteiger partial charge in [0.15, 0.2) is 5.82 Å². The third kappa shape index (κ3) is 2.96. The highest BCUT2D eigenvalue weighted by Crippen LogP contribution is 2.15. The lowest BCUT2D eigenvalue weighted by Crippen LogP contribution is -2.14. The monoisotopic (exact) mass is 283 g/mol. The van der Waals surface area contributed by atoms with Crippen molar-refractivity contribution in [3.63, 3.8) is 0 Å². The number of sulfonamides is 1. The molecule has 5 nitrogen and oxygen atoms in total. The Balaban J connectivity index is 2.30. The van der Waals surface area contributed by atoms with Crippen LogP contribution >= 0.6 is 11.6 Å². The molecule has 0 bridgehead atoms. The number of halogens is 1. The average Bonchev–Trinajstić information content (AvgIpc) is 2.32. The molecule has 1 N–H and O–H groups in total. The van der Waals surface area contributed by atoms with E-state index in [0.29, 0.717) is 0 Å². The van der Waals surface area contributed by atoms with Crippen molar-refractivity contribution in [1.82, 2.24) is 9.97 Å². The maximum Gasteiger partial charge on any atom is 0.263 e. The van der Waals surface area contributed by atoms with Crippen molar-refractivity contribution in [2.24, 2.45) is 0 Å². The lowest BCUT2D eigenvalue weighted by Gasteiger charge is -2.07. The molecule has 0 fully saturated rings. The highest BCUT2D eigenvalue weighted by atomic mass is 35.5. The van der Waals surface area contributed by atoms with Crippen LogP contribution in [0.1, 0.15) is 5.56 Å². The van der Waals surface area contributed by atoms with Gasteiger partial charge in [-0.2, -0.15) is 0 Å². The van der Waals surface area contributed by atoms with Crippen LogP contribution < -0.4 is 4.72 Å². The molecule has 2 aromatic rings. The van der Waals surface area contributed by atoms with Crippen molar-refractivity contribution < 1.29 is 8.42 Å². The molecule has 2 rings (SSSR count). The number of aromatic nitrogens is 2. The molecule has 0 atom stereocenters. The van der Waals surface area contributed by atoms with Gasteiger partial charge < -0.3 is 0 Å². The Labute approximate surface area is 110 Å². The molecule has 0 spiro atoms. The molecule has 1 aromatic carbocycles. The third-order valence-electron chi connectivity index (χ3n) is 2.16. The molecule has 0 amide bonds. The van der Waals surface area contributed by atoms with Gasteiger partial charge in [0.2, 0.25) is 0 Å². The van der Waals surface area contributed by atoms with Crippen LogP contribution in [0.15, 0.2) is 41.6 Å². The zero-order valence-electron chi connectivity index (χ0n) is 9.46. The highest BCUT2D eigenvalue weighted by molar-refractivity contribution is 7.92. The first-order valence-electron chi connectivity index (χ1n) is 5.04. The summed E-state index contributed by atoms with van der Waals surface area (Å²) < 4.78 is 26.4.